The van der Waals surface area contributed by atoms with Gasteiger partial charge in [-0.15, -0.1) is 0 Å². The fraction of sp³-hybridized carbons (Fsp3) is 0.833. The fourth-order valence-corrected chi connectivity index (χ4v) is 1.98. The van der Waals surface area contributed by atoms with Crippen molar-refractivity contribution in [3.8, 4) is 0 Å². The summed E-state index contributed by atoms with van der Waals surface area (Å²) in [6.45, 7) is 6.63. The van der Waals surface area contributed by atoms with Crippen LogP contribution in [0.2, 0.25) is 0 Å². The Labute approximate surface area is 108 Å². The predicted octanol–water partition coefficient (Wildman–Crippen LogP) is 0.443. The Hall–Kier alpha value is -1.30. The van der Waals surface area contributed by atoms with Crippen LogP contribution in [0.5, 0.6) is 0 Å². The van der Waals surface area contributed by atoms with Crippen LogP contribution in [0.4, 0.5) is 4.79 Å². The minimum absolute atomic E-state index is 0.0451. The number of amides is 2. The van der Waals surface area contributed by atoms with Gasteiger partial charge in [0.25, 0.3) is 0 Å². The molecular weight excluding hydrogens is 234 g/mol. The lowest BCUT2D eigenvalue weighted by atomic mass is 10.1. The third-order valence-corrected chi connectivity index (χ3v) is 3.37. The smallest absolute Gasteiger partial charge is 0.317 e. The average Bonchev–Trinajstić information content (AvgIpc) is 2.28. The predicted molar refractivity (Wildman–Crippen MR) is 68.5 cm³/mol. The van der Waals surface area contributed by atoms with Crippen molar-refractivity contribution < 1.29 is 14.7 Å². The Balaban J connectivity index is 2.30. The molecular formula is C12H23N3O3. The molecule has 6 nitrogen and oxygen atoms in total. The van der Waals surface area contributed by atoms with E-state index >= 15 is 0 Å². The third-order valence-electron chi connectivity index (χ3n) is 3.37. The lowest BCUT2D eigenvalue weighted by molar-refractivity contribution is -0.137. The Morgan fingerprint density at radius 1 is 1.44 bits per heavy atom. The topological polar surface area (TPSA) is 72.9 Å². The normalized spacial score (nSPS) is 22.6. The van der Waals surface area contributed by atoms with Crippen LogP contribution in [-0.2, 0) is 4.79 Å². The van der Waals surface area contributed by atoms with Crippen molar-refractivity contribution in [1.82, 2.24) is 15.1 Å². The van der Waals surface area contributed by atoms with Gasteiger partial charge in [-0.2, -0.15) is 0 Å². The first-order chi connectivity index (χ1) is 8.40. The molecule has 18 heavy (non-hydrogen) atoms. The molecule has 0 aromatic heterocycles. The highest BCUT2D eigenvalue weighted by molar-refractivity contribution is 5.74. The Morgan fingerprint density at radius 2 is 2.11 bits per heavy atom. The number of piperazine rings is 1. The first-order valence-electron chi connectivity index (χ1n) is 6.35. The number of carboxylic acids is 1. The molecule has 2 amide bonds. The first-order valence-corrected chi connectivity index (χ1v) is 6.35. The van der Waals surface area contributed by atoms with Gasteiger partial charge in [-0.1, -0.05) is 6.92 Å². The molecule has 0 aromatic rings. The summed E-state index contributed by atoms with van der Waals surface area (Å²) in [4.78, 5) is 26.4. The van der Waals surface area contributed by atoms with Crippen LogP contribution in [0.15, 0.2) is 0 Å². The first kappa shape index (κ1) is 14.8. The Morgan fingerprint density at radius 3 is 2.67 bits per heavy atom. The average molecular weight is 257 g/mol. The Kier molecular flexibility index (Phi) is 5.40. The van der Waals surface area contributed by atoms with Gasteiger partial charge < -0.3 is 20.2 Å². The van der Waals surface area contributed by atoms with Crippen molar-refractivity contribution in [1.29, 1.82) is 0 Å². The minimum atomic E-state index is -0.829. The zero-order chi connectivity index (χ0) is 13.7. The molecule has 1 aliphatic rings. The quantitative estimate of drug-likeness (QED) is 0.766. The summed E-state index contributed by atoms with van der Waals surface area (Å²) in [5.41, 5.74) is 0. The molecule has 1 rings (SSSR count). The van der Waals surface area contributed by atoms with Gasteiger partial charge in [0, 0.05) is 38.6 Å². The van der Waals surface area contributed by atoms with Crippen LogP contribution in [0.1, 0.15) is 20.3 Å². The van der Waals surface area contributed by atoms with Gasteiger partial charge in [0.05, 0.1) is 0 Å². The van der Waals surface area contributed by atoms with E-state index in [1.165, 1.54) is 0 Å². The van der Waals surface area contributed by atoms with Crippen LogP contribution in [0.3, 0.4) is 0 Å². The second-order valence-corrected chi connectivity index (χ2v) is 5.16. The van der Waals surface area contributed by atoms with Gasteiger partial charge in [-0.25, -0.2) is 4.79 Å². The van der Waals surface area contributed by atoms with Crippen LogP contribution in [-0.4, -0.2) is 66.2 Å². The van der Waals surface area contributed by atoms with E-state index in [9.17, 15) is 9.59 Å². The lowest BCUT2D eigenvalue weighted by Crippen LogP contribution is -2.54. The molecule has 0 aromatic carbocycles. The third kappa shape index (κ3) is 4.52. The monoisotopic (exact) mass is 257 g/mol. The van der Waals surface area contributed by atoms with Crippen molar-refractivity contribution in [2.75, 3.05) is 33.2 Å². The number of nitrogens with zero attached hydrogens (tertiary/aromatic N) is 2. The van der Waals surface area contributed by atoms with E-state index in [1.54, 1.807) is 4.90 Å². The fourth-order valence-electron chi connectivity index (χ4n) is 1.98. The highest BCUT2D eigenvalue weighted by Gasteiger charge is 2.24. The van der Waals surface area contributed by atoms with Gasteiger partial charge in [0.15, 0.2) is 0 Å². The van der Waals surface area contributed by atoms with Gasteiger partial charge >= 0.3 is 12.0 Å². The minimum Gasteiger partial charge on any atom is -0.481 e. The second kappa shape index (κ2) is 6.58. The summed E-state index contributed by atoms with van der Waals surface area (Å²) in [6.07, 6.45) is 0.0828. The van der Waals surface area contributed by atoms with Crippen molar-refractivity contribution in [2.45, 2.75) is 26.3 Å². The molecule has 1 heterocycles. The molecule has 1 fully saturated rings. The van der Waals surface area contributed by atoms with Crippen LogP contribution in [0, 0.1) is 5.92 Å². The van der Waals surface area contributed by atoms with E-state index in [2.05, 4.69) is 24.2 Å². The number of likely N-dealkylation sites (N-methyl/N-ethyl adjacent to an activating group) is 1. The molecule has 0 aliphatic carbocycles. The van der Waals surface area contributed by atoms with Gasteiger partial charge in [0.1, 0.15) is 0 Å². The zero-order valence-electron chi connectivity index (χ0n) is 11.3. The maximum atomic E-state index is 11.9. The number of carbonyl (C=O) groups is 2. The van der Waals surface area contributed by atoms with Crippen molar-refractivity contribution in [3.63, 3.8) is 0 Å². The second-order valence-electron chi connectivity index (χ2n) is 5.16. The van der Waals surface area contributed by atoms with Crippen LogP contribution in [0.25, 0.3) is 0 Å². The summed E-state index contributed by atoms with van der Waals surface area (Å²) in [5, 5.41) is 11.4. The van der Waals surface area contributed by atoms with Gasteiger partial charge in [-0.05, 0) is 19.9 Å². The molecule has 0 saturated carbocycles. The highest BCUT2D eigenvalue weighted by Crippen LogP contribution is 2.07. The molecule has 2 N–H and O–H groups in total. The largest absolute Gasteiger partial charge is 0.481 e. The summed E-state index contributed by atoms with van der Waals surface area (Å²) in [5.74, 6) is -0.874. The van der Waals surface area contributed by atoms with Crippen LogP contribution >= 0.6 is 0 Å². The standard InChI is InChI=1S/C12H23N3O3/c1-9(6-11(16)17)7-13-12(18)15-5-4-14(3)10(2)8-15/h9-10H,4-8H2,1-3H3,(H,13,18)(H,16,17). The van der Waals surface area contributed by atoms with E-state index in [4.69, 9.17) is 5.11 Å². The van der Waals surface area contributed by atoms with E-state index < -0.39 is 5.97 Å². The molecule has 0 spiro atoms. The summed E-state index contributed by atoms with van der Waals surface area (Å²) in [6, 6.07) is 0.271. The number of hydrogen-bond acceptors (Lipinski definition) is 3. The SMILES string of the molecule is CC(CNC(=O)N1CCN(C)C(C)C1)CC(=O)O. The maximum absolute atomic E-state index is 11.9. The maximum Gasteiger partial charge on any atom is 0.317 e. The number of nitrogens with one attached hydrogen (secondary N) is 1. The number of carbonyl (C=O) groups excluding carboxylic acids is 1. The number of aliphatic carboxylic acids is 1. The molecule has 104 valence electrons. The van der Waals surface area contributed by atoms with E-state index in [0.717, 1.165) is 19.6 Å². The number of carboxylic acid groups (broad SMARTS) is 1. The zero-order valence-corrected chi connectivity index (χ0v) is 11.3. The molecule has 1 saturated heterocycles. The summed E-state index contributed by atoms with van der Waals surface area (Å²) >= 11 is 0. The van der Waals surface area contributed by atoms with Crippen LogP contribution < -0.4 is 5.32 Å². The molecule has 1 aliphatic heterocycles. The van der Waals surface area contributed by atoms with E-state index in [-0.39, 0.29) is 18.4 Å². The molecule has 0 bridgehead atoms. The molecule has 2 unspecified atom stereocenters. The molecule has 2 atom stereocenters. The van der Waals surface area contributed by atoms with Crippen molar-refractivity contribution in [3.05, 3.63) is 0 Å². The van der Waals surface area contributed by atoms with Gasteiger partial charge in [-0.3, -0.25) is 4.79 Å². The highest BCUT2D eigenvalue weighted by atomic mass is 16.4. The molecule has 6 heteroatoms. The number of hydrogen-bond donors (Lipinski definition) is 2. The number of urea groups is 1. The van der Waals surface area contributed by atoms with E-state index in [0.29, 0.717) is 12.6 Å². The summed E-state index contributed by atoms with van der Waals surface area (Å²) < 4.78 is 0. The van der Waals surface area contributed by atoms with Gasteiger partial charge in [0.2, 0.25) is 0 Å². The lowest BCUT2D eigenvalue weighted by Gasteiger charge is -2.37. The van der Waals surface area contributed by atoms with Crippen molar-refractivity contribution >= 4 is 12.0 Å². The summed E-state index contributed by atoms with van der Waals surface area (Å²) in [7, 11) is 2.05. The number of rotatable bonds is 4. The van der Waals surface area contributed by atoms with E-state index in [1.807, 2.05) is 6.92 Å². The molecule has 0 radical (unpaired) electrons. The van der Waals surface area contributed by atoms with Crippen molar-refractivity contribution in [2.24, 2.45) is 5.92 Å². The Bertz CT molecular complexity index is 309.